The quantitative estimate of drug-likeness (QED) is 0.170. The molecule has 0 spiro atoms. The lowest BCUT2D eigenvalue weighted by Gasteiger charge is -2.27. The van der Waals surface area contributed by atoms with E-state index in [-0.39, 0.29) is 5.41 Å². The number of aryl methyl sites for hydroxylation is 1. The first-order valence-corrected chi connectivity index (χ1v) is 19.4. The van der Waals surface area contributed by atoms with E-state index >= 15 is 0 Å². The third-order valence-corrected chi connectivity index (χ3v) is 11.4. The van der Waals surface area contributed by atoms with Gasteiger partial charge in [-0.2, -0.15) is 0 Å². The molecular formula is C49H42N4S. The summed E-state index contributed by atoms with van der Waals surface area (Å²) < 4.78 is 0. The van der Waals surface area contributed by atoms with Gasteiger partial charge in [0.1, 0.15) is 5.82 Å². The van der Waals surface area contributed by atoms with Crippen molar-refractivity contribution in [3.05, 3.63) is 181 Å². The average molecular weight is 719 g/mol. The van der Waals surface area contributed by atoms with Gasteiger partial charge >= 0.3 is 0 Å². The number of hydrogen-bond donors (Lipinski definition) is 0. The van der Waals surface area contributed by atoms with Crippen molar-refractivity contribution in [1.29, 1.82) is 0 Å². The summed E-state index contributed by atoms with van der Waals surface area (Å²) in [6, 6.07) is 54.9. The highest BCUT2D eigenvalue weighted by atomic mass is 32.2. The second-order valence-electron chi connectivity index (χ2n) is 15.1. The Morgan fingerprint density at radius 1 is 0.537 bits per heavy atom. The molecule has 4 nitrogen and oxygen atoms in total. The van der Waals surface area contributed by atoms with Crippen LogP contribution in [0.25, 0.3) is 33.4 Å². The summed E-state index contributed by atoms with van der Waals surface area (Å²) in [5.74, 6) is 0.899. The van der Waals surface area contributed by atoms with Crippen LogP contribution in [-0.4, -0.2) is 11.7 Å². The summed E-state index contributed by atoms with van der Waals surface area (Å²) in [5, 5.41) is 0. The van der Waals surface area contributed by atoms with Gasteiger partial charge in [0.15, 0.2) is 0 Å². The number of aromatic nitrogens is 1. The molecule has 0 unspecified atom stereocenters. The smallest absolute Gasteiger partial charge is 0.137 e. The molecule has 0 atom stereocenters. The molecule has 0 saturated heterocycles. The van der Waals surface area contributed by atoms with Crippen LogP contribution in [-0.2, 0) is 5.41 Å². The Kier molecular flexibility index (Phi) is 8.59. The topological polar surface area (TPSA) is 22.6 Å². The van der Waals surface area contributed by atoms with Crippen LogP contribution in [0, 0.1) is 6.92 Å². The maximum Gasteiger partial charge on any atom is 0.137 e. The molecule has 5 heteroatoms. The van der Waals surface area contributed by atoms with Crippen molar-refractivity contribution in [3.8, 4) is 33.4 Å². The maximum atomic E-state index is 5.16. The molecule has 54 heavy (non-hydrogen) atoms. The van der Waals surface area contributed by atoms with Crippen molar-refractivity contribution in [2.45, 2.75) is 42.9 Å². The molecule has 264 valence electrons. The van der Waals surface area contributed by atoms with Crippen molar-refractivity contribution in [2.24, 2.45) is 0 Å². The van der Waals surface area contributed by atoms with Crippen LogP contribution in [0.5, 0.6) is 0 Å². The molecule has 1 aromatic heterocycles. The number of nitrogens with zero attached hydrogens (tertiary/aromatic N) is 4. The average Bonchev–Trinajstić information content (AvgIpc) is 3.65. The molecule has 0 N–H and O–H groups in total. The summed E-state index contributed by atoms with van der Waals surface area (Å²) in [6.07, 6.45) is 6.37. The molecule has 0 amide bonds. The molecule has 0 bridgehead atoms. The fourth-order valence-corrected chi connectivity index (χ4v) is 8.47. The van der Waals surface area contributed by atoms with E-state index in [1.807, 2.05) is 6.20 Å². The Bertz CT molecular complexity index is 2520. The van der Waals surface area contributed by atoms with Crippen molar-refractivity contribution < 1.29 is 0 Å². The van der Waals surface area contributed by atoms with Gasteiger partial charge in [0.25, 0.3) is 0 Å². The minimum Gasteiger partial charge on any atom is -0.328 e. The molecule has 3 heterocycles. The van der Waals surface area contributed by atoms with Gasteiger partial charge in [-0.25, -0.2) is 4.98 Å². The Morgan fingerprint density at radius 3 is 1.91 bits per heavy atom. The first-order chi connectivity index (χ1) is 26.3. The number of hydrogen-bond acceptors (Lipinski definition) is 5. The van der Waals surface area contributed by atoms with Crippen LogP contribution in [0.15, 0.2) is 180 Å². The van der Waals surface area contributed by atoms with E-state index in [2.05, 4.69) is 206 Å². The van der Waals surface area contributed by atoms with E-state index in [9.17, 15) is 0 Å². The normalized spacial score (nSPS) is 13.4. The number of rotatable bonds is 6. The van der Waals surface area contributed by atoms with Gasteiger partial charge < -0.3 is 9.80 Å². The second kappa shape index (κ2) is 13.7. The Labute approximate surface area is 323 Å². The summed E-state index contributed by atoms with van der Waals surface area (Å²) in [5.41, 5.74) is 14.4. The van der Waals surface area contributed by atoms with E-state index in [0.717, 1.165) is 29.4 Å². The fraction of sp³-hybridized carbons (Fsp3) is 0.122. The lowest BCUT2D eigenvalue weighted by molar-refractivity contribution is 0.590. The SMILES string of the molecule is Cc1cc(N2c3ccccc3-c3ccccc3-c3ccc(Sc4cccc(N5C=CN(c6ccc(C(C)(C)C)cc6)C5)c4)cc32)ncc1-c1ccccc1. The van der Waals surface area contributed by atoms with Crippen molar-refractivity contribution in [1.82, 2.24) is 4.98 Å². The largest absolute Gasteiger partial charge is 0.328 e. The molecule has 7 aromatic rings. The van der Waals surface area contributed by atoms with Gasteiger partial charge in [0, 0.05) is 56.5 Å². The highest BCUT2D eigenvalue weighted by Gasteiger charge is 2.27. The second-order valence-corrected chi connectivity index (χ2v) is 16.2. The van der Waals surface area contributed by atoms with Crippen LogP contribution < -0.4 is 14.7 Å². The van der Waals surface area contributed by atoms with Crippen molar-refractivity contribution in [3.63, 3.8) is 0 Å². The molecule has 9 rings (SSSR count). The lowest BCUT2D eigenvalue weighted by Crippen LogP contribution is -2.24. The minimum atomic E-state index is 0.137. The van der Waals surface area contributed by atoms with E-state index < -0.39 is 0 Å². The van der Waals surface area contributed by atoms with Gasteiger partial charge in [-0.3, -0.25) is 4.90 Å². The number of pyridine rings is 1. The number of fused-ring (bicyclic) bond motifs is 5. The zero-order chi connectivity index (χ0) is 36.8. The molecule has 2 aliphatic heterocycles. The summed E-state index contributed by atoms with van der Waals surface area (Å²) in [4.78, 5) is 14.5. The Morgan fingerprint density at radius 2 is 1.19 bits per heavy atom. The summed E-state index contributed by atoms with van der Waals surface area (Å²) >= 11 is 1.79. The molecule has 2 aliphatic rings. The molecule has 6 aromatic carbocycles. The van der Waals surface area contributed by atoms with Crippen LogP contribution in [0.1, 0.15) is 31.9 Å². The van der Waals surface area contributed by atoms with Crippen LogP contribution in [0.3, 0.4) is 0 Å². The Balaban J connectivity index is 1.06. The molecule has 0 aliphatic carbocycles. The van der Waals surface area contributed by atoms with E-state index in [4.69, 9.17) is 4.98 Å². The first-order valence-electron chi connectivity index (χ1n) is 18.6. The van der Waals surface area contributed by atoms with Gasteiger partial charge in [0.05, 0.1) is 18.0 Å². The Hall–Kier alpha value is -6.04. The fourth-order valence-electron chi connectivity index (χ4n) is 7.57. The monoisotopic (exact) mass is 718 g/mol. The predicted molar refractivity (Wildman–Crippen MR) is 228 cm³/mol. The molecular weight excluding hydrogens is 677 g/mol. The van der Waals surface area contributed by atoms with Gasteiger partial charge in [-0.15, -0.1) is 0 Å². The van der Waals surface area contributed by atoms with Crippen molar-refractivity contribution >= 4 is 40.3 Å². The van der Waals surface area contributed by atoms with Crippen LogP contribution in [0.2, 0.25) is 0 Å². The van der Waals surface area contributed by atoms with Gasteiger partial charge in [0.2, 0.25) is 0 Å². The van der Waals surface area contributed by atoms with E-state index in [1.54, 1.807) is 11.8 Å². The standard InChI is InChI=1S/C49H42N4S/c1-34-29-48(50-32-45(34)35-13-6-5-7-14-35)53-46-20-11-10-19-43(46)41-17-8-9-18-42(41)44-26-25-40(31-47(44)53)54-39-16-12-15-38(30-39)52-28-27-51(33-52)37-23-21-36(22-24-37)49(2,3)4/h5-32H,33H2,1-4H3. The van der Waals surface area contributed by atoms with Gasteiger partial charge in [-0.1, -0.05) is 130 Å². The highest BCUT2D eigenvalue weighted by Crippen LogP contribution is 2.51. The first kappa shape index (κ1) is 33.8. The molecule has 0 radical (unpaired) electrons. The third kappa shape index (κ3) is 6.35. The van der Waals surface area contributed by atoms with Gasteiger partial charge in [-0.05, 0) is 94.8 Å². The van der Waals surface area contributed by atoms with Crippen LogP contribution in [0.4, 0.5) is 28.6 Å². The van der Waals surface area contributed by atoms with Crippen molar-refractivity contribution in [2.75, 3.05) is 21.4 Å². The molecule has 0 saturated carbocycles. The zero-order valence-corrected chi connectivity index (χ0v) is 31.9. The zero-order valence-electron chi connectivity index (χ0n) is 31.1. The summed E-state index contributed by atoms with van der Waals surface area (Å²) in [6.45, 7) is 9.72. The van der Waals surface area contributed by atoms with E-state index in [0.29, 0.717) is 0 Å². The number of anilines is 5. The lowest BCUT2D eigenvalue weighted by atomic mass is 9.87. The van der Waals surface area contributed by atoms with E-state index in [1.165, 1.54) is 60.1 Å². The molecule has 0 fully saturated rings. The predicted octanol–water partition coefficient (Wildman–Crippen LogP) is 13.4. The summed E-state index contributed by atoms with van der Waals surface area (Å²) in [7, 11) is 0. The number of benzene rings is 6. The highest BCUT2D eigenvalue weighted by molar-refractivity contribution is 7.99. The number of para-hydroxylation sites is 1. The third-order valence-electron chi connectivity index (χ3n) is 10.5. The minimum absolute atomic E-state index is 0.137. The van der Waals surface area contributed by atoms with Crippen LogP contribution >= 0.6 is 11.8 Å². The maximum absolute atomic E-state index is 5.16.